The van der Waals surface area contributed by atoms with E-state index in [1.165, 1.54) is 4.31 Å². The summed E-state index contributed by atoms with van der Waals surface area (Å²) >= 11 is 0. The minimum Gasteiger partial charge on any atom is -0.467 e. The average Bonchev–Trinajstić information content (AvgIpc) is 3.27. The Kier molecular flexibility index (Phi) is 4.24. The van der Waals surface area contributed by atoms with Crippen molar-refractivity contribution in [3.8, 4) is 0 Å². The number of nitrogens with one attached hydrogen (secondary N) is 1. The van der Waals surface area contributed by atoms with Crippen molar-refractivity contribution in [1.82, 2.24) is 9.62 Å². The summed E-state index contributed by atoms with van der Waals surface area (Å²) in [5.74, 6) is 0.576. The Hall–Kier alpha value is -2.32. The molecule has 3 heterocycles. The SMILES string of the molecule is CN1C[C@H]2CC[C@@H](C(=O)NCc3ccco3)N2c2ccccc2S1(=O)=O. The molecule has 2 atom stereocenters. The first-order valence-corrected chi connectivity index (χ1v) is 10.1. The van der Waals surface area contributed by atoms with Crippen LogP contribution in [0.2, 0.25) is 0 Å². The van der Waals surface area contributed by atoms with Crippen LogP contribution in [0.5, 0.6) is 0 Å². The molecular weight excluding hydrogens is 354 g/mol. The predicted molar refractivity (Wildman–Crippen MR) is 96.1 cm³/mol. The molecular formula is C18H21N3O4S. The largest absolute Gasteiger partial charge is 0.467 e. The normalized spacial score (nSPS) is 24.6. The maximum absolute atomic E-state index is 12.8. The smallest absolute Gasteiger partial charge is 0.244 e. The van der Waals surface area contributed by atoms with Gasteiger partial charge in [0.1, 0.15) is 16.7 Å². The van der Waals surface area contributed by atoms with Crippen molar-refractivity contribution in [2.24, 2.45) is 0 Å². The average molecular weight is 375 g/mol. The molecule has 7 nitrogen and oxygen atoms in total. The van der Waals surface area contributed by atoms with Gasteiger partial charge in [0.05, 0.1) is 18.5 Å². The molecule has 2 aromatic rings. The highest BCUT2D eigenvalue weighted by Crippen LogP contribution is 2.39. The molecule has 0 radical (unpaired) electrons. The highest BCUT2D eigenvalue weighted by Gasteiger charge is 2.44. The second kappa shape index (κ2) is 6.44. The summed E-state index contributed by atoms with van der Waals surface area (Å²) in [5, 5.41) is 2.91. The zero-order valence-electron chi connectivity index (χ0n) is 14.5. The van der Waals surface area contributed by atoms with E-state index in [-0.39, 0.29) is 16.8 Å². The monoisotopic (exact) mass is 375 g/mol. The van der Waals surface area contributed by atoms with Crippen molar-refractivity contribution >= 4 is 21.6 Å². The number of fused-ring (bicyclic) bond motifs is 3. The number of benzene rings is 1. The fourth-order valence-corrected chi connectivity index (χ4v) is 5.23. The molecule has 4 rings (SSSR count). The number of nitrogens with zero attached hydrogens (tertiary/aromatic N) is 2. The van der Waals surface area contributed by atoms with Crippen LogP contribution in [0.15, 0.2) is 52.0 Å². The molecule has 0 bridgehead atoms. The van der Waals surface area contributed by atoms with Crippen molar-refractivity contribution < 1.29 is 17.6 Å². The Balaban J connectivity index is 1.65. The molecule has 1 fully saturated rings. The summed E-state index contributed by atoms with van der Waals surface area (Å²) < 4.78 is 32.2. The van der Waals surface area contributed by atoms with E-state index in [0.717, 1.165) is 6.42 Å². The molecule has 8 heteroatoms. The minimum atomic E-state index is -3.55. The van der Waals surface area contributed by atoms with Gasteiger partial charge in [-0.2, -0.15) is 4.31 Å². The summed E-state index contributed by atoms with van der Waals surface area (Å²) in [5.41, 5.74) is 0.609. The number of anilines is 1. The zero-order chi connectivity index (χ0) is 18.3. The molecule has 1 aromatic heterocycles. The van der Waals surface area contributed by atoms with Crippen LogP contribution in [0.3, 0.4) is 0 Å². The van der Waals surface area contributed by atoms with Gasteiger partial charge >= 0.3 is 0 Å². The molecule has 138 valence electrons. The number of para-hydroxylation sites is 1. The lowest BCUT2D eigenvalue weighted by molar-refractivity contribution is -0.122. The first-order valence-electron chi connectivity index (χ1n) is 8.62. The van der Waals surface area contributed by atoms with Crippen LogP contribution < -0.4 is 10.2 Å². The van der Waals surface area contributed by atoms with Gasteiger partial charge in [0, 0.05) is 19.6 Å². The van der Waals surface area contributed by atoms with Gasteiger partial charge in [-0.05, 0) is 37.1 Å². The summed E-state index contributed by atoms with van der Waals surface area (Å²) in [4.78, 5) is 15.0. The van der Waals surface area contributed by atoms with Gasteiger partial charge < -0.3 is 14.6 Å². The zero-order valence-corrected chi connectivity index (χ0v) is 15.3. The quantitative estimate of drug-likeness (QED) is 0.880. The first kappa shape index (κ1) is 17.1. The van der Waals surface area contributed by atoms with E-state index in [2.05, 4.69) is 5.32 Å². The molecule has 0 unspecified atom stereocenters. The lowest BCUT2D eigenvalue weighted by atomic mass is 10.2. The first-order chi connectivity index (χ1) is 12.5. The fraction of sp³-hybridized carbons (Fsp3) is 0.389. The Morgan fingerprint density at radius 3 is 2.81 bits per heavy atom. The van der Waals surface area contributed by atoms with Gasteiger partial charge in [0.25, 0.3) is 0 Å². The molecule has 0 aliphatic carbocycles. The van der Waals surface area contributed by atoms with Gasteiger partial charge in [-0.3, -0.25) is 4.79 Å². The van der Waals surface area contributed by atoms with Gasteiger partial charge in [0.15, 0.2) is 0 Å². The summed E-state index contributed by atoms with van der Waals surface area (Å²) in [6, 6.07) is 10.1. The number of amides is 1. The molecule has 1 N–H and O–H groups in total. The van der Waals surface area contributed by atoms with Crippen molar-refractivity contribution in [2.45, 2.75) is 36.4 Å². The lowest BCUT2D eigenvalue weighted by Gasteiger charge is -2.30. The van der Waals surface area contributed by atoms with E-state index in [0.29, 0.717) is 31.0 Å². The number of sulfonamides is 1. The molecule has 0 saturated carbocycles. The van der Waals surface area contributed by atoms with Crippen molar-refractivity contribution in [2.75, 3.05) is 18.5 Å². The standard InChI is InChI=1S/C18H21N3O4S/c1-20-12-13-8-9-16(18(22)19-11-14-5-4-10-25-14)21(13)15-6-2-3-7-17(15)26(20,23)24/h2-7,10,13,16H,8-9,11-12H2,1H3,(H,19,22)/t13-,16+/m1/s1. The fourth-order valence-electron chi connectivity index (χ4n) is 3.84. The molecule has 2 aliphatic rings. The van der Waals surface area contributed by atoms with Gasteiger partial charge in [0.2, 0.25) is 15.9 Å². The molecule has 26 heavy (non-hydrogen) atoms. The third-order valence-electron chi connectivity index (χ3n) is 5.12. The lowest BCUT2D eigenvalue weighted by Crippen LogP contribution is -2.47. The number of hydrogen-bond donors (Lipinski definition) is 1. The number of carbonyl (C=O) groups excluding carboxylic acids is 1. The Bertz CT molecular complexity index is 910. The van der Waals surface area contributed by atoms with Crippen molar-refractivity contribution in [3.63, 3.8) is 0 Å². The van der Waals surface area contributed by atoms with Crippen LogP contribution >= 0.6 is 0 Å². The minimum absolute atomic E-state index is 0.0159. The molecule has 1 saturated heterocycles. The Labute approximate surface area is 152 Å². The van der Waals surface area contributed by atoms with Crippen LogP contribution in [0.4, 0.5) is 5.69 Å². The highest BCUT2D eigenvalue weighted by molar-refractivity contribution is 7.89. The number of rotatable bonds is 3. The molecule has 0 spiro atoms. The third kappa shape index (κ3) is 2.79. The van der Waals surface area contributed by atoms with Gasteiger partial charge in [-0.25, -0.2) is 8.42 Å². The van der Waals surface area contributed by atoms with Crippen LogP contribution in [-0.2, 0) is 21.4 Å². The van der Waals surface area contributed by atoms with Crippen LogP contribution in [0.25, 0.3) is 0 Å². The summed E-state index contributed by atoms with van der Waals surface area (Å²) in [7, 11) is -1.95. The Morgan fingerprint density at radius 2 is 2.04 bits per heavy atom. The Morgan fingerprint density at radius 1 is 1.23 bits per heavy atom. The topological polar surface area (TPSA) is 82.9 Å². The van der Waals surface area contributed by atoms with Gasteiger partial charge in [-0.15, -0.1) is 0 Å². The van der Waals surface area contributed by atoms with Gasteiger partial charge in [-0.1, -0.05) is 12.1 Å². The number of furan rings is 1. The highest BCUT2D eigenvalue weighted by atomic mass is 32.2. The number of carbonyl (C=O) groups is 1. The number of hydrogen-bond acceptors (Lipinski definition) is 5. The summed E-state index contributed by atoms with van der Waals surface area (Å²) in [6.07, 6.45) is 3.03. The van der Waals surface area contributed by atoms with E-state index in [9.17, 15) is 13.2 Å². The van der Waals surface area contributed by atoms with E-state index >= 15 is 0 Å². The van der Waals surface area contributed by atoms with E-state index in [1.54, 1.807) is 43.6 Å². The van der Waals surface area contributed by atoms with E-state index < -0.39 is 16.1 Å². The molecule has 2 aliphatic heterocycles. The van der Waals surface area contributed by atoms with Crippen molar-refractivity contribution in [3.05, 3.63) is 48.4 Å². The molecule has 1 amide bonds. The van der Waals surface area contributed by atoms with E-state index in [4.69, 9.17) is 4.42 Å². The maximum Gasteiger partial charge on any atom is 0.244 e. The third-order valence-corrected chi connectivity index (χ3v) is 6.99. The van der Waals surface area contributed by atoms with Crippen LogP contribution in [0, 0.1) is 0 Å². The van der Waals surface area contributed by atoms with Crippen LogP contribution in [-0.4, -0.2) is 44.3 Å². The second-order valence-electron chi connectivity index (χ2n) is 6.70. The summed E-state index contributed by atoms with van der Waals surface area (Å²) in [6.45, 7) is 0.694. The maximum atomic E-state index is 12.8. The number of likely N-dealkylation sites (N-methyl/N-ethyl adjacent to an activating group) is 1. The van der Waals surface area contributed by atoms with Crippen molar-refractivity contribution in [1.29, 1.82) is 0 Å². The molecule has 1 aromatic carbocycles. The van der Waals surface area contributed by atoms with E-state index in [1.807, 2.05) is 11.0 Å². The predicted octanol–water partition coefficient (Wildman–Crippen LogP) is 1.57. The van der Waals surface area contributed by atoms with Crippen LogP contribution in [0.1, 0.15) is 18.6 Å². The second-order valence-corrected chi connectivity index (χ2v) is 8.72.